The Kier molecular flexibility index (Phi) is 7.61. The zero-order valence-corrected chi connectivity index (χ0v) is 19.9. The van der Waals surface area contributed by atoms with Crippen LogP contribution in [-0.2, 0) is 16.7 Å². The zero-order valence-electron chi connectivity index (χ0n) is 18.3. The van der Waals surface area contributed by atoms with Crippen molar-refractivity contribution < 1.29 is 26.5 Å². The summed E-state index contributed by atoms with van der Waals surface area (Å²) in [5.41, 5.74) is 0.567. The number of methoxy groups -OCH3 is 1. The first-order valence-electron chi connectivity index (χ1n) is 10.0. The minimum atomic E-state index is -4.16. The highest BCUT2D eigenvalue weighted by molar-refractivity contribution is 7.87. The van der Waals surface area contributed by atoms with Gasteiger partial charge in [0, 0.05) is 22.2 Å². The van der Waals surface area contributed by atoms with E-state index in [0.717, 1.165) is 6.07 Å². The second kappa shape index (κ2) is 10.2. The molecule has 6 nitrogen and oxygen atoms in total. The van der Waals surface area contributed by atoms with Gasteiger partial charge in [0.2, 0.25) is 0 Å². The molecule has 174 valence electrons. The van der Waals surface area contributed by atoms with E-state index in [-0.39, 0.29) is 28.8 Å². The van der Waals surface area contributed by atoms with Gasteiger partial charge in [0.15, 0.2) is 0 Å². The third kappa shape index (κ3) is 6.03. The monoisotopic (exact) mass is 491 g/mol. The van der Waals surface area contributed by atoms with Gasteiger partial charge in [-0.05, 0) is 74.5 Å². The number of amides is 1. The summed E-state index contributed by atoms with van der Waals surface area (Å²) in [5.74, 6) is -0.396. The van der Waals surface area contributed by atoms with Crippen molar-refractivity contribution in [3.05, 3.63) is 88.7 Å². The first-order chi connectivity index (χ1) is 15.6. The summed E-state index contributed by atoms with van der Waals surface area (Å²) in [6.07, 6.45) is 0. The average Bonchev–Trinajstić information content (AvgIpc) is 2.78. The molecule has 0 aromatic heterocycles. The molecular weight excluding hydrogens is 469 g/mol. The van der Waals surface area contributed by atoms with Crippen molar-refractivity contribution in [3.63, 3.8) is 0 Å². The molecule has 0 unspecified atom stereocenters. The fourth-order valence-electron chi connectivity index (χ4n) is 3.12. The molecular formula is C24H23ClFNO5S. The van der Waals surface area contributed by atoms with Crippen LogP contribution in [0, 0.1) is 5.82 Å². The molecule has 0 aliphatic carbocycles. The number of halogens is 2. The lowest BCUT2D eigenvalue weighted by Gasteiger charge is -2.28. The summed E-state index contributed by atoms with van der Waals surface area (Å²) < 4.78 is 49.8. The van der Waals surface area contributed by atoms with Crippen LogP contribution in [0.1, 0.15) is 29.8 Å². The van der Waals surface area contributed by atoms with Crippen LogP contribution < -0.4 is 8.92 Å². The number of carbonyl (C=O) groups excluding carboxylic acids is 1. The van der Waals surface area contributed by atoms with Gasteiger partial charge in [-0.25, -0.2) is 4.39 Å². The van der Waals surface area contributed by atoms with Gasteiger partial charge in [0.25, 0.3) is 5.91 Å². The molecule has 0 bridgehead atoms. The maximum Gasteiger partial charge on any atom is 0.339 e. The Morgan fingerprint density at radius 1 is 1.06 bits per heavy atom. The summed E-state index contributed by atoms with van der Waals surface area (Å²) in [5, 5.41) is 0.348. The minimum absolute atomic E-state index is 0.00103. The van der Waals surface area contributed by atoms with E-state index in [1.807, 2.05) is 0 Å². The van der Waals surface area contributed by atoms with Crippen molar-refractivity contribution in [3.8, 4) is 11.5 Å². The van der Waals surface area contributed by atoms with Gasteiger partial charge in [0.1, 0.15) is 22.2 Å². The first-order valence-corrected chi connectivity index (χ1v) is 11.8. The predicted octanol–water partition coefficient (Wildman–Crippen LogP) is 5.31. The molecule has 0 atom stereocenters. The van der Waals surface area contributed by atoms with Gasteiger partial charge in [-0.1, -0.05) is 17.7 Å². The first kappa shape index (κ1) is 24.5. The van der Waals surface area contributed by atoms with E-state index in [0.29, 0.717) is 16.3 Å². The Morgan fingerprint density at radius 2 is 1.76 bits per heavy atom. The number of nitrogens with zero attached hydrogens (tertiary/aromatic N) is 1. The summed E-state index contributed by atoms with van der Waals surface area (Å²) in [6, 6.07) is 15.3. The van der Waals surface area contributed by atoms with Crippen molar-refractivity contribution in [1.29, 1.82) is 0 Å². The number of carbonyl (C=O) groups is 1. The van der Waals surface area contributed by atoms with Gasteiger partial charge in [0.05, 0.1) is 13.7 Å². The number of hydrogen-bond acceptors (Lipinski definition) is 5. The Bertz CT molecular complexity index is 1250. The maximum atomic E-state index is 13.6. The third-order valence-corrected chi connectivity index (χ3v) is 6.35. The van der Waals surface area contributed by atoms with Crippen molar-refractivity contribution in [2.24, 2.45) is 0 Å². The average molecular weight is 492 g/mol. The van der Waals surface area contributed by atoms with Gasteiger partial charge < -0.3 is 13.8 Å². The van der Waals surface area contributed by atoms with Gasteiger partial charge in [-0.2, -0.15) is 8.42 Å². The van der Waals surface area contributed by atoms with Gasteiger partial charge in [-0.15, -0.1) is 0 Å². The van der Waals surface area contributed by atoms with E-state index in [9.17, 15) is 17.6 Å². The summed E-state index contributed by atoms with van der Waals surface area (Å²) >= 11 is 6.15. The fourth-order valence-corrected chi connectivity index (χ4v) is 4.28. The molecule has 0 spiro atoms. The largest absolute Gasteiger partial charge is 0.497 e. The lowest BCUT2D eigenvalue weighted by molar-refractivity contribution is 0.0689. The summed E-state index contributed by atoms with van der Waals surface area (Å²) in [7, 11) is -2.68. The van der Waals surface area contributed by atoms with Crippen LogP contribution >= 0.6 is 11.6 Å². The zero-order chi connectivity index (χ0) is 24.2. The maximum absolute atomic E-state index is 13.6. The topological polar surface area (TPSA) is 72.9 Å². The minimum Gasteiger partial charge on any atom is -0.497 e. The van der Waals surface area contributed by atoms with E-state index < -0.39 is 21.8 Å². The van der Waals surface area contributed by atoms with E-state index in [1.165, 1.54) is 72.7 Å². The lowest BCUT2D eigenvalue weighted by Crippen LogP contribution is -2.36. The molecule has 0 fully saturated rings. The molecule has 1 amide bonds. The highest BCUT2D eigenvalue weighted by Gasteiger charge is 2.24. The van der Waals surface area contributed by atoms with Crippen LogP contribution in [0.3, 0.4) is 0 Å². The van der Waals surface area contributed by atoms with Crippen molar-refractivity contribution in [1.82, 2.24) is 4.90 Å². The van der Waals surface area contributed by atoms with E-state index in [1.54, 1.807) is 13.8 Å². The van der Waals surface area contributed by atoms with Gasteiger partial charge in [-0.3, -0.25) is 4.79 Å². The third-order valence-electron chi connectivity index (χ3n) is 4.87. The second-order valence-corrected chi connectivity index (χ2v) is 9.48. The quantitative estimate of drug-likeness (QED) is 0.399. The fraction of sp³-hybridized carbons (Fsp3) is 0.208. The molecule has 33 heavy (non-hydrogen) atoms. The molecule has 0 aliphatic heterocycles. The van der Waals surface area contributed by atoms with Crippen LogP contribution in [0.5, 0.6) is 11.5 Å². The van der Waals surface area contributed by atoms with E-state index >= 15 is 0 Å². The van der Waals surface area contributed by atoms with Crippen LogP contribution in [0.15, 0.2) is 71.6 Å². The summed E-state index contributed by atoms with van der Waals surface area (Å²) in [6.45, 7) is 3.60. The second-order valence-electron chi connectivity index (χ2n) is 7.50. The number of benzene rings is 3. The molecule has 3 aromatic rings. The van der Waals surface area contributed by atoms with Crippen molar-refractivity contribution in [2.45, 2.75) is 31.3 Å². The van der Waals surface area contributed by atoms with Crippen molar-refractivity contribution in [2.75, 3.05) is 7.11 Å². The van der Waals surface area contributed by atoms with Crippen LogP contribution in [0.4, 0.5) is 4.39 Å². The molecule has 3 rings (SSSR count). The highest BCUT2D eigenvalue weighted by atomic mass is 35.5. The Labute approximate surface area is 197 Å². The Morgan fingerprint density at radius 3 is 2.36 bits per heavy atom. The Balaban J connectivity index is 1.93. The van der Waals surface area contributed by atoms with Crippen LogP contribution in [0.2, 0.25) is 5.02 Å². The summed E-state index contributed by atoms with van der Waals surface area (Å²) in [4.78, 5) is 14.5. The van der Waals surface area contributed by atoms with Crippen LogP contribution in [-0.4, -0.2) is 32.4 Å². The Hall–Kier alpha value is -3.10. The van der Waals surface area contributed by atoms with E-state index in [4.69, 9.17) is 20.5 Å². The van der Waals surface area contributed by atoms with E-state index in [2.05, 4.69) is 0 Å². The number of ether oxygens (including phenoxy) is 1. The standard InChI is InChI=1S/C24H23ClFNO5S/c1-16(2)27(24(28)17-5-4-6-20(26)14-17)15-18-13-19(25)7-12-23(18)32-33(29,30)22-10-8-21(31-3)9-11-22/h4-14,16H,15H2,1-3H3. The molecule has 3 aromatic carbocycles. The number of hydrogen-bond donors (Lipinski definition) is 0. The normalized spacial score (nSPS) is 11.3. The predicted molar refractivity (Wildman–Crippen MR) is 124 cm³/mol. The molecule has 0 N–H and O–H groups in total. The highest BCUT2D eigenvalue weighted by Crippen LogP contribution is 2.29. The lowest BCUT2D eigenvalue weighted by atomic mass is 10.1. The SMILES string of the molecule is COc1ccc(S(=O)(=O)Oc2ccc(Cl)cc2CN(C(=O)c2cccc(F)c2)C(C)C)cc1. The smallest absolute Gasteiger partial charge is 0.339 e. The molecule has 0 radical (unpaired) electrons. The van der Waals surface area contributed by atoms with Gasteiger partial charge >= 0.3 is 10.1 Å². The molecule has 9 heteroatoms. The van der Waals surface area contributed by atoms with Crippen molar-refractivity contribution >= 4 is 27.6 Å². The molecule has 0 heterocycles. The van der Waals surface area contributed by atoms with Crippen LogP contribution in [0.25, 0.3) is 0 Å². The number of rotatable bonds is 8. The molecule has 0 saturated heterocycles. The molecule has 0 aliphatic rings. The molecule has 0 saturated carbocycles.